The van der Waals surface area contributed by atoms with Crippen molar-refractivity contribution in [1.82, 2.24) is 0 Å². The monoisotopic (exact) mass is 280 g/mol. The molecule has 3 nitrogen and oxygen atoms in total. The average Bonchev–Trinajstić information content (AvgIpc) is 2.32. The largest absolute Gasteiger partial charge is 0.354 e. The van der Waals surface area contributed by atoms with Crippen LogP contribution in [-0.4, -0.2) is 24.8 Å². The maximum atomic E-state index is 11.2. The van der Waals surface area contributed by atoms with Crippen LogP contribution in [0.25, 0.3) is 0 Å². The normalized spacial score (nSPS) is 23.4. The van der Waals surface area contributed by atoms with E-state index >= 15 is 0 Å². The van der Waals surface area contributed by atoms with Crippen molar-refractivity contribution in [2.75, 3.05) is 7.11 Å². The first-order chi connectivity index (χ1) is 9.09. The second-order valence-electron chi connectivity index (χ2n) is 6.67. The van der Waals surface area contributed by atoms with Crippen molar-refractivity contribution in [1.29, 1.82) is 0 Å². The van der Waals surface area contributed by atoms with Gasteiger partial charge < -0.3 is 9.47 Å². The number of allylic oxidation sites excluding steroid dienone is 3. The summed E-state index contributed by atoms with van der Waals surface area (Å²) in [5.41, 5.74) is 2.48. The molecular formula is C17H28O3. The number of methoxy groups -OCH3 is 1. The van der Waals surface area contributed by atoms with Gasteiger partial charge in [-0.05, 0) is 63.2 Å². The van der Waals surface area contributed by atoms with Crippen molar-refractivity contribution >= 4 is 5.78 Å². The highest BCUT2D eigenvalue weighted by atomic mass is 16.7. The summed E-state index contributed by atoms with van der Waals surface area (Å²) in [5.74, 6) is -0.524. The topological polar surface area (TPSA) is 35.5 Å². The lowest BCUT2D eigenvalue weighted by Gasteiger charge is -2.40. The van der Waals surface area contributed by atoms with Crippen LogP contribution in [0.4, 0.5) is 0 Å². The molecule has 20 heavy (non-hydrogen) atoms. The molecule has 0 fully saturated rings. The highest BCUT2D eigenvalue weighted by Gasteiger charge is 2.35. The molecule has 0 spiro atoms. The molecular weight excluding hydrogens is 252 g/mol. The molecule has 1 aliphatic carbocycles. The molecule has 0 bridgehead atoms. The molecule has 0 aliphatic heterocycles. The third-order valence-electron chi connectivity index (χ3n) is 4.07. The molecule has 0 saturated carbocycles. The summed E-state index contributed by atoms with van der Waals surface area (Å²) in [7, 11) is 1.66. The first kappa shape index (κ1) is 17.1. The molecule has 1 rings (SSSR count). The van der Waals surface area contributed by atoms with Crippen LogP contribution in [0.1, 0.15) is 54.4 Å². The molecule has 0 amide bonds. The molecule has 0 radical (unpaired) electrons. The number of ketones is 1. The van der Waals surface area contributed by atoms with E-state index in [1.807, 2.05) is 19.9 Å². The van der Waals surface area contributed by atoms with Gasteiger partial charge in [0.25, 0.3) is 0 Å². The molecule has 0 heterocycles. The highest BCUT2D eigenvalue weighted by molar-refractivity contribution is 5.87. The van der Waals surface area contributed by atoms with Crippen LogP contribution in [0.5, 0.6) is 0 Å². The van der Waals surface area contributed by atoms with Crippen molar-refractivity contribution in [3.05, 3.63) is 23.3 Å². The lowest BCUT2D eigenvalue weighted by atomic mass is 9.71. The molecule has 1 atom stereocenters. The Balaban J connectivity index is 3.08. The predicted molar refractivity (Wildman–Crippen MR) is 81.5 cm³/mol. The summed E-state index contributed by atoms with van der Waals surface area (Å²) in [6.07, 6.45) is 5.65. The molecule has 114 valence electrons. The summed E-state index contributed by atoms with van der Waals surface area (Å²) in [6, 6.07) is 0. The minimum atomic E-state index is -0.594. The summed E-state index contributed by atoms with van der Waals surface area (Å²) >= 11 is 0. The van der Waals surface area contributed by atoms with Crippen molar-refractivity contribution < 1.29 is 14.3 Å². The van der Waals surface area contributed by atoms with Crippen LogP contribution in [0.2, 0.25) is 0 Å². The van der Waals surface area contributed by atoms with Gasteiger partial charge in [0.1, 0.15) is 0 Å². The zero-order valence-electron chi connectivity index (χ0n) is 13.9. The molecule has 1 aliphatic rings. The van der Waals surface area contributed by atoms with Crippen molar-refractivity contribution in [3.8, 4) is 0 Å². The number of ether oxygens (including phenoxy) is 2. The van der Waals surface area contributed by atoms with Crippen LogP contribution in [0, 0.1) is 5.41 Å². The van der Waals surface area contributed by atoms with Crippen LogP contribution in [-0.2, 0) is 14.3 Å². The first-order valence-electron chi connectivity index (χ1n) is 7.22. The average molecular weight is 280 g/mol. The van der Waals surface area contributed by atoms with Gasteiger partial charge in [0.15, 0.2) is 11.6 Å². The number of hydrogen-bond acceptors (Lipinski definition) is 3. The van der Waals surface area contributed by atoms with Crippen LogP contribution < -0.4 is 0 Å². The molecule has 0 N–H and O–H groups in total. The van der Waals surface area contributed by atoms with E-state index in [0.29, 0.717) is 0 Å². The zero-order chi connectivity index (χ0) is 15.6. The third-order valence-corrected chi connectivity index (χ3v) is 4.07. The Labute approximate surface area is 123 Å². The summed E-state index contributed by atoms with van der Waals surface area (Å²) < 4.78 is 11.4. The highest BCUT2D eigenvalue weighted by Crippen LogP contribution is 2.42. The Bertz CT molecular complexity index is 428. The Morgan fingerprint density at radius 1 is 1.40 bits per heavy atom. The summed E-state index contributed by atoms with van der Waals surface area (Å²) in [4.78, 5) is 11.2. The van der Waals surface area contributed by atoms with Gasteiger partial charge in [0.2, 0.25) is 0 Å². The predicted octanol–water partition coefficient (Wildman–Crippen LogP) is 4.04. The Kier molecular flexibility index (Phi) is 5.33. The van der Waals surface area contributed by atoms with Gasteiger partial charge in [-0.25, -0.2) is 0 Å². The van der Waals surface area contributed by atoms with Crippen LogP contribution in [0.3, 0.4) is 0 Å². The smallest absolute Gasteiger partial charge is 0.163 e. The molecule has 0 aromatic rings. The van der Waals surface area contributed by atoms with E-state index in [-0.39, 0.29) is 17.3 Å². The minimum Gasteiger partial charge on any atom is -0.354 e. The lowest BCUT2D eigenvalue weighted by molar-refractivity contribution is -0.218. The maximum absolute atomic E-state index is 11.2. The molecule has 0 saturated heterocycles. The molecule has 1 unspecified atom stereocenters. The summed E-state index contributed by atoms with van der Waals surface area (Å²) in [5, 5.41) is 0. The van der Waals surface area contributed by atoms with Gasteiger partial charge in [-0.3, -0.25) is 4.79 Å². The fourth-order valence-electron chi connectivity index (χ4n) is 2.65. The molecule has 0 aromatic heterocycles. The minimum absolute atomic E-state index is 0.0459. The number of carbonyl (C=O) groups excluding carboxylic acids is 1. The van der Waals surface area contributed by atoms with E-state index < -0.39 is 5.79 Å². The van der Waals surface area contributed by atoms with Crippen LogP contribution in [0.15, 0.2) is 23.3 Å². The quantitative estimate of drug-likeness (QED) is 0.563. The van der Waals surface area contributed by atoms with E-state index in [1.165, 1.54) is 11.1 Å². The summed E-state index contributed by atoms with van der Waals surface area (Å²) in [6.45, 7) is 11.9. The second-order valence-corrected chi connectivity index (χ2v) is 6.67. The Hall–Kier alpha value is -0.930. The number of hydrogen-bond donors (Lipinski definition) is 0. The third kappa shape index (κ3) is 4.29. The van der Waals surface area contributed by atoms with Crippen molar-refractivity contribution in [2.24, 2.45) is 5.41 Å². The fourth-order valence-corrected chi connectivity index (χ4v) is 2.65. The van der Waals surface area contributed by atoms with Gasteiger partial charge in [-0.15, -0.1) is 0 Å². The first-order valence-corrected chi connectivity index (χ1v) is 7.22. The Morgan fingerprint density at radius 3 is 2.50 bits per heavy atom. The Morgan fingerprint density at radius 2 is 2.00 bits per heavy atom. The van der Waals surface area contributed by atoms with E-state index in [2.05, 4.69) is 20.8 Å². The van der Waals surface area contributed by atoms with E-state index in [9.17, 15) is 4.79 Å². The van der Waals surface area contributed by atoms with Gasteiger partial charge in [-0.1, -0.05) is 19.9 Å². The van der Waals surface area contributed by atoms with Gasteiger partial charge in [0, 0.05) is 7.11 Å². The van der Waals surface area contributed by atoms with Crippen LogP contribution >= 0.6 is 0 Å². The van der Waals surface area contributed by atoms with Gasteiger partial charge >= 0.3 is 0 Å². The van der Waals surface area contributed by atoms with E-state index in [4.69, 9.17) is 9.47 Å². The lowest BCUT2D eigenvalue weighted by Crippen LogP contribution is -2.37. The zero-order valence-corrected chi connectivity index (χ0v) is 13.9. The maximum Gasteiger partial charge on any atom is 0.163 e. The van der Waals surface area contributed by atoms with E-state index in [0.717, 1.165) is 12.8 Å². The van der Waals surface area contributed by atoms with Gasteiger partial charge in [-0.2, -0.15) is 0 Å². The van der Waals surface area contributed by atoms with Gasteiger partial charge in [0.05, 0.1) is 6.10 Å². The molecule has 0 aromatic carbocycles. The standard InChI is InChI=1S/C17H28O3/c1-12(18)8-9-14-13(2)15(10-11-16(14,3)4)20-17(5,6)19-7/h8-9,15H,10-11H2,1-7H3. The number of carbonyl (C=O) groups is 1. The number of rotatable bonds is 5. The van der Waals surface area contributed by atoms with E-state index in [1.54, 1.807) is 20.1 Å². The molecule has 3 heteroatoms. The second kappa shape index (κ2) is 6.23. The van der Waals surface area contributed by atoms with Crippen molar-refractivity contribution in [3.63, 3.8) is 0 Å². The fraction of sp³-hybridized carbons (Fsp3) is 0.706. The SMILES string of the molecule is COC(C)(C)OC1CCC(C)(C)C(C=CC(C)=O)=C1C. The van der Waals surface area contributed by atoms with Crippen molar-refractivity contribution in [2.45, 2.75) is 66.3 Å².